The molecule has 4 heteroatoms. The summed E-state index contributed by atoms with van der Waals surface area (Å²) >= 11 is 6.23. The van der Waals surface area contributed by atoms with Gasteiger partial charge in [-0.2, -0.15) is 5.10 Å². The van der Waals surface area contributed by atoms with Crippen LogP contribution in [0.5, 0.6) is 0 Å². The van der Waals surface area contributed by atoms with E-state index in [0.717, 1.165) is 31.5 Å². The lowest BCUT2D eigenvalue weighted by Gasteiger charge is -2.15. The average Bonchev–Trinajstić information content (AvgIpc) is 2.79. The van der Waals surface area contributed by atoms with Gasteiger partial charge in [-0.25, -0.2) is 0 Å². The van der Waals surface area contributed by atoms with Gasteiger partial charge in [0.2, 0.25) is 0 Å². The molecule has 1 aromatic carbocycles. The zero-order valence-electron chi connectivity index (χ0n) is 12.1. The molecule has 2 N–H and O–H groups in total. The lowest BCUT2D eigenvalue weighted by atomic mass is 10.00. The topological polar surface area (TPSA) is 43.8 Å². The molecule has 108 valence electrons. The third-order valence-electron chi connectivity index (χ3n) is 3.61. The summed E-state index contributed by atoms with van der Waals surface area (Å²) in [6.07, 6.45) is 4.55. The first kappa shape index (κ1) is 15.1. The van der Waals surface area contributed by atoms with Gasteiger partial charge in [-0.1, -0.05) is 42.8 Å². The number of aryl methyl sites for hydroxylation is 3. The van der Waals surface area contributed by atoms with Crippen LogP contribution in [0.25, 0.3) is 0 Å². The SMILES string of the molecule is CCCn1ncc(Cl)c1C(N)CCc1ccccc1C. The monoisotopic (exact) mass is 291 g/mol. The Bertz CT molecular complexity index is 563. The van der Waals surface area contributed by atoms with Gasteiger partial charge >= 0.3 is 0 Å². The Hall–Kier alpha value is -1.32. The molecule has 0 saturated heterocycles. The third kappa shape index (κ3) is 3.41. The highest BCUT2D eigenvalue weighted by Gasteiger charge is 2.16. The van der Waals surface area contributed by atoms with Crippen molar-refractivity contribution < 1.29 is 0 Å². The minimum absolute atomic E-state index is 0.0730. The number of nitrogens with two attached hydrogens (primary N) is 1. The van der Waals surface area contributed by atoms with Crippen LogP contribution in [0, 0.1) is 6.92 Å². The standard InChI is InChI=1S/C16H22ClN3/c1-3-10-20-16(14(17)11-19-20)15(18)9-8-13-7-5-4-6-12(13)2/h4-7,11,15H,3,8-10,18H2,1-2H3. The van der Waals surface area contributed by atoms with Crippen LogP contribution in [-0.4, -0.2) is 9.78 Å². The first-order chi connectivity index (χ1) is 9.63. The molecule has 3 nitrogen and oxygen atoms in total. The van der Waals surface area contributed by atoms with Crippen molar-refractivity contribution in [1.29, 1.82) is 0 Å². The second-order valence-electron chi connectivity index (χ2n) is 5.17. The van der Waals surface area contributed by atoms with Gasteiger partial charge in [0.15, 0.2) is 0 Å². The normalized spacial score (nSPS) is 12.6. The van der Waals surface area contributed by atoms with E-state index in [1.165, 1.54) is 11.1 Å². The van der Waals surface area contributed by atoms with E-state index in [1.807, 2.05) is 4.68 Å². The summed E-state index contributed by atoms with van der Waals surface area (Å²) in [4.78, 5) is 0. The maximum atomic E-state index is 6.32. The van der Waals surface area contributed by atoms with E-state index >= 15 is 0 Å². The van der Waals surface area contributed by atoms with Crippen LogP contribution in [0.15, 0.2) is 30.5 Å². The fourth-order valence-electron chi connectivity index (χ4n) is 2.47. The Labute approximate surface area is 125 Å². The summed E-state index contributed by atoms with van der Waals surface area (Å²) in [7, 11) is 0. The molecule has 0 amide bonds. The molecule has 2 rings (SSSR count). The summed E-state index contributed by atoms with van der Waals surface area (Å²) in [5, 5.41) is 4.98. The lowest BCUT2D eigenvalue weighted by Crippen LogP contribution is -2.17. The molecule has 2 aromatic rings. The quantitative estimate of drug-likeness (QED) is 0.877. The van der Waals surface area contributed by atoms with E-state index in [4.69, 9.17) is 17.3 Å². The molecule has 1 aromatic heterocycles. The predicted molar refractivity (Wildman–Crippen MR) is 84.0 cm³/mol. The molecule has 1 atom stereocenters. The van der Waals surface area contributed by atoms with Gasteiger partial charge < -0.3 is 5.73 Å². The van der Waals surface area contributed by atoms with Crippen LogP contribution in [0.1, 0.15) is 42.6 Å². The molecule has 0 aliphatic carbocycles. The number of hydrogen-bond acceptors (Lipinski definition) is 2. The number of nitrogens with zero attached hydrogens (tertiary/aromatic N) is 2. The zero-order valence-corrected chi connectivity index (χ0v) is 12.9. The van der Waals surface area contributed by atoms with Crippen molar-refractivity contribution in [3.8, 4) is 0 Å². The molecule has 1 unspecified atom stereocenters. The van der Waals surface area contributed by atoms with E-state index in [9.17, 15) is 0 Å². The maximum Gasteiger partial charge on any atom is 0.0834 e. The zero-order chi connectivity index (χ0) is 14.5. The Morgan fingerprint density at radius 2 is 2.10 bits per heavy atom. The van der Waals surface area contributed by atoms with Gasteiger partial charge in [0, 0.05) is 12.6 Å². The molecule has 0 radical (unpaired) electrons. The minimum Gasteiger partial charge on any atom is -0.323 e. The second kappa shape index (κ2) is 6.91. The summed E-state index contributed by atoms with van der Waals surface area (Å²) < 4.78 is 1.94. The van der Waals surface area contributed by atoms with Crippen molar-refractivity contribution in [3.63, 3.8) is 0 Å². The summed E-state index contributed by atoms with van der Waals surface area (Å²) in [5.74, 6) is 0. The lowest BCUT2D eigenvalue weighted by molar-refractivity contribution is 0.523. The van der Waals surface area contributed by atoms with Gasteiger partial charge in [0.05, 0.1) is 16.9 Å². The largest absolute Gasteiger partial charge is 0.323 e. The molecule has 0 aliphatic rings. The first-order valence-corrected chi connectivity index (χ1v) is 7.52. The Balaban J connectivity index is 2.07. The van der Waals surface area contributed by atoms with Crippen LogP contribution in [0.3, 0.4) is 0 Å². The number of rotatable bonds is 6. The minimum atomic E-state index is -0.0730. The second-order valence-corrected chi connectivity index (χ2v) is 5.58. The Morgan fingerprint density at radius 3 is 2.80 bits per heavy atom. The Kier molecular flexibility index (Phi) is 5.21. The molecule has 0 bridgehead atoms. The fourth-order valence-corrected chi connectivity index (χ4v) is 2.75. The van der Waals surface area contributed by atoms with Gasteiger partial charge in [0.25, 0.3) is 0 Å². The van der Waals surface area contributed by atoms with Gasteiger partial charge in [0.1, 0.15) is 0 Å². The van der Waals surface area contributed by atoms with Gasteiger partial charge in [-0.05, 0) is 37.3 Å². The average molecular weight is 292 g/mol. The highest BCUT2D eigenvalue weighted by molar-refractivity contribution is 6.31. The van der Waals surface area contributed by atoms with E-state index in [-0.39, 0.29) is 6.04 Å². The van der Waals surface area contributed by atoms with E-state index in [0.29, 0.717) is 5.02 Å². The smallest absolute Gasteiger partial charge is 0.0834 e. The van der Waals surface area contributed by atoms with Gasteiger partial charge in [-0.15, -0.1) is 0 Å². The van der Waals surface area contributed by atoms with Crippen LogP contribution in [0.4, 0.5) is 0 Å². The molecule has 0 fully saturated rings. The highest BCUT2D eigenvalue weighted by Crippen LogP contribution is 2.25. The van der Waals surface area contributed by atoms with Crippen LogP contribution >= 0.6 is 11.6 Å². The van der Waals surface area contributed by atoms with Crippen molar-refractivity contribution in [2.75, 3.05) is 0 Å². The van der Waals surface area contributed by atoms with Crippen molar-refractivity contribution in [2.45, 2.75) is 45.7 Å². The molecule has 1 heterocycles. The molecule has 0 saturated carbocycles. The van der Waals surface area contributed by atoms with Crippen molar-refractivity contribution in [3.05, 3.63) is 52.3 Å². The van der Waals surface area contributed by atoms with E-state index in [1.54, 1.807) is 6.20 Å². The molecule has 0 spiro atoms. The van der Waals surface area contributed by atoms with Crippen LogP contribution in [-0.2, 0) is 13.0 Å². The predicted octanol–water partition coefficient (Wildman–Crippen LogP) is 3.89. The molecular formula is C16H22ClN3. The van der Waals surface area contributed by atoms with E-state index in [2.05, 4.69) is 43.2 Å². The van der Waals surface area contributed by atoms with Crippen LogP contribution < -0.4 is 5.73 Å². The summed E-state index contributed by atoms with van der Waals surface area (Å²) in [5.41, 5.74) is 9.94. The molecule has 0 aliphatic heterocycles. The maximum absolute atomic E-state index is 6.32. The molecular weight excluding hydrogens is 270 g/mol. The van der Waals surface area contributed by atoms with Crippen molar-refractivity contribution in [2.24, 2.45) is 5.73 Å². The first-order valence-electron chi connectivity index (χ1n) is 7.14. The summed E-state index contributed by atoms with van der Waals surface area (Å²) in [6, 6.07) is 8.35. The van der Waals surface area contributed by atoms with Gasteiger partial charge in [-0.3, -0.25) is 4.68 Å². The van der Waals surface area contributed by atoms with Crippen molar-refractivity contribution >= 4 is 11.6 Å². The fraction of sp³-hybridized carbons (Fsp3) is 0.438. The highest BCUT2D eigenvalue weighted by atomic mass is 35.5. The Morgan fingerprint density at radius 1 is 1.35 bits per heavy atom. The number of aromatic nitrogens is 2. The number of benzene rings is 1. The number of hydrogen-bond donors (Lipinski definition) is 1. The van der Waals surface area contributed by atoms with Crippen molar-refractivity contribution in [1.82, 2.24) is 9.78 Å². The molecule has 20 heavy (non-hydrogen) atoms. The van der Waals surface area contributed by atoms with E-state index < -0.39 is 0 Å². The number of halogens is 1. The summed E-state index contributed by atoms with van der Waals surface area (Å²) in [6.45, 7) is 5.12. The van der Waals surface area contributed by atoms with Crippen LogP contribution in [0.2, 0.25) is 5.02 Å². The third-order valence-corrected chi connectivity index (χ3v) is 3.90.